The third-order valence-electron chi connectivity index (χ3n) is 2.46. The Hall–Kier alpha value is -1.86. The van der Waals surface area contributed by atoms with Crippen molar-refractivity contribution in [3.63, 3.8) is 0 Å². The molecular formula is C11H15N5OS. The number of ether oxygens (including phenoxy) is 1. The Labute approximate surface area is 109 Å². The quantitative estimate of drug-likeness (QED) is 0.630. The second-order valence-corrected chi connectivity index (χ2v) is 4.69. The highest BCUT2D eigenvalue weighted by molar-refractivity contribution is 7.09. The summed E-state index contributed by atoms with van der Waals surface area (Å²) in [4.78, 5) is 11.5. The molecule has 96 valence electrons. The van der Waals surface area contributed by atoms with Crippen LogP contribution in [0.15, 0.2) is 23.8 Å². The standard InChI is InChI=1S/C11H15N5OS/c1-16(6-8-4-3-5-18-8)11-9(17-2)10(15-12)13-7-14-11/h3-5,7H,6,12H2,1-2H3,(H,13,14,15). The lowest BCUT2D eigenvalue weighted by Gasteiger charge is -2.20. The molecule has 0 amide bonds. The maximum atomic E-state index is 5.39. The monoisotopic (exact) mass is 265 g/mol. The molecule has 0 saturated heterocycles. The van der Waals surface area contributed by atoms with Gasteiger partial charge in [-0.3, -0.25) is 0 Å². The van der Waals surface area contributed by atoms with Crippen LogP contribution in [0.3, 0.4) is 0 Å². The average Bonchev–Trinajstić information content (AvgIpc) is 2.90. The fourth-order valence-corrected chi connectivity index (χ4v) is 2.40. The Balaban J connectivity index is 2.26. The Morgan fingerprint density at radius 1 is 1.50 bits per heavy atom. The molecule has 0 bridgehead atoms. The minimum absolute atomic E-state index is 0.473. The summed E-state index contributed by atoms with van der Waals surface area (Å²) in [6.07, 6.45) is 1.46. The van der Waals surface area contributed by atoms with E-state index in [-0.39, 0.29) is 0 Å². The molecule has 0 spiro atoms. The Bertz CT molecular complexity index is 502. The molecule has 2 aromatic rings. The van der Waals surface area contributed by atoms with E-state index in [9.17, 15) is 0 Å². The van der Waals surface area contributed by atoms with E-state index in [0.717, 1.165) is 6.54 Å². The largest absolute Gasteiger partial charge is 0.490 e. The van der Waals surface area contributed by atoms with E-state index in [0.29, 0.717) is 17.4 Å². The van der Waals surface area contributed by atoms with Crippen LogP contribution in [0.2, 0.25) is 0 Å². The summed E-state index contributed by atoms with van der Waals surface area (Å²) in [5.74, 6) is 7.11. The van der Waals surface area contributed by atoms with Crippen molar-refractivity contribution >= 4 is 23.0 Å². The van der Waals surface area contributed by atoms with Crippen molar-refractivity contribution in [2.24, 2.45) is 5.84 Å². The van der Waals surface area contributed by atoms with Gasteiger partial charge in [-0.2, -0.15) is 0 Å². The number of aromatic nitrogens is 2. The predicted octanol–water partition coefficient (Wildman–Crippen LogP) is 1.47. The van der Waals surface area contributed by atoms with E-state index in [2.05, 4.69) is 21.5 Å². The molecule has 0 saturated carbocycles. The lowest BCUT2D eigenvalue weighted by Crippen LogP contribution is -2.20. The summed E-state index contributed by atoms with van der Waals surface area (Å²) in [5.41, 5.74) is 2.50. The lowest BCUT2D eigenvalue weighted by molar-refractivity contribution is 0.412. The number of nitrogens with one attached hydrogen (secondary N) is 1. The van der Waals surface area contributed by atoms with Gasteiger partial charge >= 0.3 is 0 Å². The first kappa shape index (κ1) is 12.6. The van der Waals surface area contributed by atoms with Gasteiger partial charge in [0.15, 0.2) is 11.6 Å². The zero-order valence-corrected chi connectivity index (χ0v) is 11.1. The normalized spacial score (nSPS) is 10.2. The van der Waals surface area contributed by atoms with E-state index in [1.54, 1.807) is 18.4 Å². The molecule has 2 aromatic heterocycles. The topological polar surface area (TPSA) is 76.3 Å². The van der Waals surface area contributed by atoms with Crippen molar-refractivity contribution in [2.75, 3.05) is 24.5 Å². The summed E-state index contributed by atoms with van der Waals surface area (Å²) in [6.45, 7) is 0.759. The molecule has 2 rings (SSSR count). The third kappa shape index (κ3) is 2.52. The van der Waals surface area contributed by atoms with Crippen LogP contribution in [-0.4, -0.2) is 24.1 Å². The van der Waals surface area contributed by atoms with E-state index in [1.807, 2.05) is 23.4 Å². The molecule has 2 heterocycles. The number of rotatable bonds is 5. The molecule has 7 heteroatoms. The summed E-state index contributed by atoms with van der Waals surface area (Å²) in [5, 5.41) is 2.05. The van der Waals surface area contributed by atoms with Gasteiger partial charge in [0.05, 0.1) is 13.7 Å². The molecule has 0 unspecified atom stereocenters. The highest BCUT2D eigenvalue weighted by Gasteiger charge is 2.15. The highest BCUT2D eigenvalue weighted by atomic mass is 32.1. The molecule has 0 aromatic carbocycles. The number of thiophene rings is 1. The lowest BCUT2D eigenvalue weighted by atomic mass is 10.4. The SMILES string of the molecule is COc1c(NN)ncnc1N(C)Cc1cccs1. The van der Waals surface area contributed by atoms with Crippen molar-refractivity contribution in [3.05, 3.63) is 28.7 Å². The van der Waals surface area contributed by atoms with Gasteiger partial charge in [-0.05, 0) is 11.4 Å². The number of anilines is 2. The van der Waals surface area contributed by atoms with Crippen LogP contribution < -0.4 is 20.9 Å². The zero-order valence-electron chi connectivity index (χ0n) is 10.3. The van der Waals surface area contributed by atoms with Crippen LogP contribution in [0.1, 0.15) is 4.88 Å². The van der Waals surface area contributed by atoms with Gasteiger partial charge < -0.3 is 15.1 Å². The van der Waals surface area contributed by atoms with Gasteiger partial charge in [-0.1, -0.05) is 6.07 Å². The average molecular weight is 265 g/mol. The maximum absolute atomic E-state index is 5.39. The van der Waals surface area contributed by atoms with Crippen molar-refractivity contribution in [2.45, 2.75) is 6.54 Å². The second-order valence-electron chi connectivity index (χ2n) is 3.66. The van der Waals surface area contributed by atoms with Gasteiger partial charge in [-0.25, -0.2) is 15.8 Å². The van der Waals surface area contributed by atoms with Crippen LogP contribution in [0, 0.1) is 0 Å². The molecule has 0 atom stereocenters. The van der Waals surface area contributed by atoms with E-state index in [4.69, 9.17) is 10.6 Å². The molecule has 0 aliphatic carbocycles. The summed E-state index contributed by atoms with van der Waals surface area (Å²) in [7, 11) is 3.52. The number of nitrogens with two attached hydrogens (primary N) is 1. The fourth-order valence-electron chi connectivity index (χ4n) is 1.64. The van der Waals surface area contributed by atoms with Gasteiger partial charge in [-0.15, -0.1) is 11.3 Å². The smallest absolute Gasteiger partial charge is 0.205 e. The first-order chi connectivity index (χ1) is 8.76. The first-order valence-electron chi connectivity index (χ1n) is 5.35. The highest BCUT2D eigenvalue weighted by Crippen LogP contribution is 2.31. The van der Waals surface area contributed by atoms with Crippen LogP contribution in [-0.2, 0) is 6.54 Å². The van der Waals surface area contributed by atoms with Gasteiger partial charge in [0.1, 0.15) is 6.33 Å². The maximum Gasteiger partial charge on any atom is 0.205 e. The molecule has 6 nitrogen and oxygen atoms in total. The first-order valence-corrected chi connectivity index (χ1v) is 6.23. The van der Waals surface area contributed by atoms with Crippen molar-refractivity contribution in [1.29, 1.82) is 0 Å². The van der Waals surface area contributed by atoms with E-state index in [1.165, 1.54) is 11.2 Å². The number of nitrogens with zero attached hydrogens (tertiary/aromatic N) is 3. The molecule has 0 fully saturated rings. The van der Waals surface area contributed by atoms with E-state index < -0.39 is 0 Å². The van der Waals surface area contributed by atoms with Gasteiger partial charge in [0, 0.05) is 11.9 Å². The van der Waals surface area contributed by atoms with Crippen LogP contribution in [0.5, 0.6) is 5.75 Å². The number of hydrogen-bond acceptors (Lipinski definition) is 7. The number of nitrogen functional groups attached to an aromatic ring is 1. The number of hydrogen-bond donors (Lipinski definition) is 2. The molecule has 0 aliphatic rings. The minimum atomic E-state index is 0.473. The third-order valence-corrected chi connectivity index (χ3v) is 3.32. The zero-order chi connectivity index (χ0) is 13.0. The van der Waals surface area contributed by atoms with Crippen LogP contribution in [0.25, 0.3) is 0 Å². The second kappa shape index (κ2) is 5.65. The van der Waals surface area contributed by atoms with Crippen molar-refractivity contribution in [3.8, 4) is 5.75 Å². The van der Waals surface area contributed by atoms with Crippen LogP contribution in [0.4, 0.5) is 11.6 Å². The van der Waals surface area contributed by atoms with Crippen molar-refractivity contribution in [1.82, 2.24) is 9.97 Å². The molecule has 0 aliphatic heterocycles. The molecule has 0 radical (unpaired) electrons. The number of methoxy groups -OCH3 is 1. The number of hydrazine groups is 1. The summed E-state index contributed by atoms with van der Waals surface area (Å²) in [6, 6.07) is 4.11. The molecule has 3 N–H and O–H groups in total. The fraction of sp³-hybridized carbons (Fsp3) is 0.273. The Morgan fingerprint density at radius 3 is 2.94 bits per heavy atom. The minimum Gasteiger partial charge on any atom is -0.490 e. The molecule has 18 heavy (non-hydrogen) atoms. The summed E-state index contributed by atoms with van der Waals surface area (Å²) >= 11 is 1.70. The van der Waals surface area contributed by atoms with E-state index >= 15 is 0 Å². The van der Waals surface area contributed by atoms with Gasteiger partial charge in [0.2, 0.25) is 5.75 Å². The Morgan fingerprint density at radius 2 is 2.33 bits per heavy atom. The van der Waals surface area contributed by atoms with Crippen molar-refractivity contribution < 1.29 is 4.74 Å². The van der Waals surface area contributed by atoms with Crippen LogP contribution >= 0.6 is 11.3 Å². The van der Waals surface area contributed by atoms with Gasteiger partial charge in [0.25, 0.3) is 0 Å². The summed E-state index contributed by atoms with van der Waals surface area (Å²) < 4.78 is 5.30. The molecular weight excluding hydrogens is 250 g/mol. The Kier molecular flexibility index (Phi) is 3.96. The predicted molar refractivity (Wildman–Crippen MR) is 72.8 cm³/mol.